The molecule has 1 N–H and O–H groups in total. The molecule has 4 rings (SSSR count). The lowest BCUT2D eigenvalue weighted by Gasteiger charge is -2.18. The van der Waals surface area contributed by atoms with Crippen LogP contribution in [0, 0.1) is 0 Å². The number of methoxy groups -OCH3 is 1. The second-order valence-electron chi connectivity index (χ2n) is 6.38. The van der Waals surface area contributed by atoms with Crippen LogP contribution in [-0.4, -0.2) is 38.8 Å². The smallest absolute Gasteiger partial charge is 0.348 e. The Bertz CT molecular complexity index is 1080. The standard InChI is InChI=1S/C22H19NO6S/c1-26-16-4-2-3-15(12-16)23-21(24)13-29-22(25)20-8-7-19(30-20)14-5-6-17-18(11-14)28-10-9-27-17/h2-8,11-12H,9-10,13H2,1H3,(H,23,24). The molecule has 0 saturated carbocycles. The van der Waals surface area contributed by atoms with E-state index in [4.69, 9.17) is 18.9 Å². The first-order valence-corrected chi connectivity index (χ1v) is 10.0. The van der Waals surface area contributed by atoms with Crippen LogP contribution in [0.15, 0.2) is 54.6 Å². The molecule has 0 spiro atoms. The molecule has 1 aromatic heterocycles. The molecule has 8 heteroatoms. The fourth-order valence-electron chi connectivity index (χ4n) is 2.90. The number of thiophene rings is 1. The van der Waals surface area contributed by atoms with Crippen molar-refractivity contribution in [1.29, 1.82) is 0 Å². The summed E-state index contributed by atoms with van der Waals surface area (Å²) in [5, 5.41) is 2.66. The van der Waals surface area contributed by atoms with E-state index in [1.807, 2.05) is 24.3 Å². The van der Waals surface area contributed by atoms with Crippen LogP contribution in [0.4, 0.5) is 5.69 Å². The first-order valence-electron chi connectivity index (χ1n) is 9.23. The minimum absolute atomic E-state index is 0.382. The van der Waals surface area contributed by atoms with Crippen LogP contribution < -0.4 is 19.5 Å². The highest BCUT2D eigenvalue weighted by atomic mass is 32.1. The van der Waals surface area contributed by atoms with Gasteiger partial charge in [-0.25, -0.2) is 4.79 Å². The number of hydrogen-bond acceptors (Lipinski definition) is 7. The third kappa shape index (κ3) is 4.55. The molecule has 0 saturated heterocycles. The maximum Gasteiger partial charge on any atom is 0.348 e. The quantitative estimate of drug-likeness (QED) is 0.602. The number of esters is 1. The second-order valence-corrected chi connectivity index (χ2v) is 7.46. The van der Waals surface area contributed by atoms with Crippen molar-refractivity contribution >= 4 is 28.9 Å². The molecule has 0 aliphatic carbocycles. The summed E-state index contributed by atoms with van der Waals surface area (Å²) in [7, 11) is 1.54. The van der Waals surface area contributed by atoms with Gasteiger partial charge in [0.2, 0.25) is 0 Å². The molecule has 0 bridgehead atoms. The molecule has 7 nitrogen and oxygen atoms in total. The second kappa shape index (κ2) is 8.87. The van der Waals surface area contributed by atoms with Crippen LogP contribution in [0.1, 0.15) is 9.67 Å². The number of fused-ring (bicyclic) bond motifs is 1. The lowest BCUT2D eigenvalue weighted by Crippen LogP contribution is -2.20. The summed E-state index contributed by atoms with van der Waals surface area (Å²) in [6, 6.07) is 16.1. The monoisotopic (exact) mass is 425 g/mol. The highest BCUT2D eigenvalue weighted by molar-refractivity contribution is 7.17. The molecule has 2 heterocycles. The summed E-state index contributed by atoms with van der Waals surface area (Å²) < 4.78 is 21.4. The van der Waals surface area contributed by atoms with E-state index < -0.39 is 11.9 Å². The number of benzene rings is 2. The Hall–Kier alpha value is -3.52. The van der Waals surface area contributed by atoms with E-state index in [-0.39, 0.29) is 6.61 Å². The van der Waals surface area contributed by atoms with Crippen molar-refractivity contribution in [1.82, 2.24) is 0 Å². The Morgan fingerprint density at radius 2 is 1.87 bits per heavy atom. The Balaban J connectivity index is 1.35. The summed E-state index contributed by atoms with van der Waals surface area (Å²) in [6.45, 7) is 0.663. The van der Waals surface area contributed by atoms with Gasteiger partial charge in [0.1, 0.15) is 23.8 Å². The van der Waals surface area contributed by atoms with Gasteiger partial charge in [-0.15, -0.1) is 11.3 Å². The number of carbonyl (C=O) groups is 2. The first kappa shape index (κ1) is 19.8. The van der Waals surface area contributed by atoms with Gasteiger partial charge >= 0.3 is 5.97 Å². The lowest BCUT2D eigenvalue weighted by molar-refractivity contribution is -0.119. The van der Waals surface area contributed by atoms with Crippen molar-refractivity contribution in [2.45, 2.75) is 0 Å². The van der Waals surface area contributed by atoms with Crippen molar-refractivity contribution in [3.63, 3.8) is 0 Å². The van der Waals surface area contributed by atoms with Crippen LogP contribution in [0.5, 0.6) is 17.2 Å². The maximum atomic E-state index is 12.3. The van der Waals surface area contributed by atoms with Gasteiger partial charge < -0.3 is 24.3 Å². The third-order valence-electron chi connectivity index (χ3n) is 4.32. The van der Waals surface area contributed by atoms with Crippen molar-refractivity contribution in [3.05, 3.63) is 59.5 Å². The number of carbonyl (C=O) groups excluding carboxylic acids is 2. The van der Waals surface area contributed by atoms with Gasteiger partial charge in [0, 0.05) is 16.6 Å². The van der Waals surface area contributed by atoms with E-state index in [2.05, 4.69) is 5.32 Å². The normalized spacial score (nSPS) is 12.2. The minimum atomic E-state index is -0.551. The number of ether oxygens (including phenoxy) is 4. The first-order chi connectivity index (χ1) is 14.6. The Morgan fingerprint density at radius 3 is 2.70 bits per heavy atom. The topological polar surface area (TPSA) is 83.1 Å². The van der Waals surface area contributed by atoms with Crippen LogP contribution >= 0.6 is 11.3 Å². The number of nitrogens with one attached hydrogen (secondary N) is 1. The molecule has 30 heavy (non-hydrogen) atoms. The predicted octanol–water partition coefficient (Wildman–Crippen LogP) is 3.99. The van der Waals surface area contributed by atoms with Crippen molar-refractivity contribution < 1.29 is 28.5 Å². The zero-order chi connectivity index (χ0) is 20.9. The van der Waals surface area contributed by atoms with E-state index >= 15 is 0 Å². The van der Waals surface area contributed by atoms with Gasteiger partial charge in [0.05, 0.1) is 7.11 Å². The zero-order valence-electron chi connectivity index (χ0n) is 16.2. The van der Waals surface area contributed by atoms with Crippen molar-refractivity contribution in [2.24, 2.45) is 0 Å². The maximum absolute atomic E-state index is 12.3. The molecule has 0 fully saturated rings. The Kier molecular flexibility index (Phi) is 5.85. The molecule has 1 aliphatic rings. The van der Waals surface area contributed by atoms with Gasteiger partial charge in [-0.2, -0.15) is 0 Å². The summed E-state index contributed by atoms with van der Waals surface area (Å²) in [5.41, 5.74) is 1.48. The predicted molar refractivity (Wildman–Crippen MR) is 113 cm³/mol. The number of rotatable bonds is 6. The molecule has 1 aliphatic heterocycles. The van der Waals surface area contributed by atoms with Crippen LogP contribution in [-0.2, 0) is 9.53 Å². The molecule has 3 aromatic rings. The van der Waals surface area contributed by atoms with Gasteiger partial charge in [0.15, 0.2) is 18.1 Å². The van der Waals surface area contributed by atoms with E-state index in [0.29, 0.717) is 41.0 Å². The number of hydrogen-bond donors (Lipinski definition) is 1. The van der Waals surface area contributed by atoms with E-state index in [9.17, 15) is 9.59 Å². The Labute approximate surface area is 177 Å². The van der Waals surface area contributed by atoms with E-state index in [1.54, 1.807) is 37.4 Å². The lowest BCUT2D eigenvalue weighted by atomic mass is 10.1. The summed E-state index contributed by atoms with van der Waals surface area (Å²) in [4.78, 5) is 25.7. The van der Waals surface area contributed by atoms with Crippen molar-refractivity contribution in [3.8, 4) is 27.7 Å². The van der Waals surface area contributed by atoms with Crippen LogP contribution in [0.25, 0.3) is 10.4 Å². The van der Waals surface area contributed by atoms with Gasteiger partial charge in [-0.1, -0.05) is 6.07 Å². The highest BCUT2D eigenvalue weighted by Crippen LogP contribution is 2.37. The summed E-state index contributed by atoms with van der Waals surface area (Å²) in [5.74, 6) is 1.04. The van der Waals surface area contributed by atoms with E-state index in [1.165, 1.54) is 11.3 Å². The van der Waals surface area contributed by atoms with Crippen molar-refractivity contribution in [2.75, 3.05) is 32.2 Å². The largest absolute Gasteiger partial charge is 0.497 e. The van der Waals surface area contributed by atoms with Gasteiger partial charge in [-0.3, -0.25) is 4.79 Å². The fourth-order valence-corrected chi connectivity index (χ4v) is 3.80. The molecule has 154 valence electrons. The minimum Gasteiger partial charge on any atom is -0.497 e. The SMILES string of the molecule is COc1cccc(NC(=O)COC(=O)c2ccc(-c3ccc4c(c3)OCCO4)s2)c1. The average molecular weight is 425 g/mol. The molecule has 0 atom stereocenters. The average Bonchev–Trinajstić information content (AvgIpc) is 3.28. The molecule has 0 unspecified atom stereocenters. The summed E-state index contributed by atoms with van der Waals surface area (Å²) >= 11 is 1.29. The molecular weight excluding hydrogens is 406 g/mol. The third-order valence-corrected chi connectivity index (χ3v) is 5.44. The van der Waals surface area contributed by atoms with Gasteiger partial charge in [0.25, 0.3) is 5.91 Å². The summed E-state index contributed by atoms with van der Waals surface area (Å²) in [6.07, 6.45) is 0. The van der Waals surface area contributed by atoms with Crippen LogP contribution in [0.3, 0.4) is 0 Å². The molecular formula is C22H19NO6S. The number of amides is 1. The zero-order valence-corrected chi connectivity index (χ0v) is 17.0. The van der Waals surface area contributed by atoms with Gasteiger partial charge in [-0.05, 0) is 48.0 Å². The fraction of sp³-hybridized carbons (Fsp3) is 0.182. The highest BCUT2D eigenvalue weighted by Gasteiger charge is 2.16. The molecule has 1 amide bonds. The van der Waals surface area contributed by atoms with Crippen LogP contribution in [0.2, 0.25) is 0 Å². The molecule has 2 aromatic carbocycles. The Morgan fingerprint density at radius 1 is 1.03 bits per heavy atom. The number of anilines is 1. The van der Waals surface area contributed by atoms with E-state index in [0.717, 1.165) is 10.4 Å². The molecule has 0 radical (unpaired) electrons.